The molecule has 2 saturated heterocycles. The van der Waals surface area contributed by atoms with E-state index in [1.807, 2.05) is 19.1 Å². The molecule has 0 atom stereocenters. The highest BCUT2D eigenvalue weighted by Gasteiger charge is 2.38. The summed E-state index contributed by atoms with van der Waals surface area (Å²) in [7, 11) is 0. The molecule has 2 fully saturated rings. The summed E-state index contributed by atoms with van der Waals surface area (Å²) in [6.45, 7) is 4.22. The molecule has 0 amide bonds. The van der Waals surface area contributed by atoms with E-state index in [2.05, 4.69) is 10.2 Å². The molecule has 0 radical (unpaired) electrons. The first-order valence-electron chi connectivity index (χ1n) is 8.74. The maximum atomic E-state index is 12.8. The van der Waals surface area contributed by atoms with Crippen LogP contribution in [0.1, 0.15) is 31.7 Å². The van der Waals surface area contributed by atoms with E-state index < -0.39 is 6.61 Å². The van der Waals surface area contributed by atoms with E-state index in [0.717, 1.165) is 31.7 Å². The van der Waals surface area contributed by atoms with Crippen molar-refractivity contribution in [3.05, 3.63) is 23.8 Å². The number of hydrogen-bond donors (Lipinski definition) is 1. The van der Waals surface area contributed by atoms with Crippen molar-refractivity contribution in [3.63, 3.8) is 0 Å². The Hall–Kier alpha value is -1.11. The Bertz CT molecular complexity index is 554. The topological polar surface area (TPSA) is 33.7 Å². The standard InChI is InChI=1S/C18H26F2N2O2.ClH/c1-2-23-15-5-3-4-14(16(15)24-17(19)20)12-22-11-8-18(13-22)6-9-21-10-7-18;/h3-5,17,21H,2,6-13H2,1H3;1H. The van der Waals surface area contributed by atoms with Crippen LogP contribution in [0.3, 0.4) is 0 Å². The largest absolute Gasteiger partial charge is 0.490 e. The Balaban J connectivity index is 0.00000225. The van der Waals surface area contributed by atoms with Crippen LogP contribution in [0, 0.1) is 5.41 Å². The van der Waals surface area contributed by atoms with E-state index in [0.29, 0.717) is 24.3 Å². The summed E-state index contributed by atoms with van der Waals surface area (Å²) >= 11 is 0. The summed E-state index contributed by atoms with van der Waals surface area (Å²) in [5, 5.41) is 3.41. The van der Waals surface area contributed by atoms with Gasteiger partial charge in [0.2, 0.25) is 0 Å². The second-order valence-electron chi connectivity index (χ2n) is 6.77. The first kappa shape index (κ1) is 20.2. The van der Waals surface area contributed by atoms with Gasteiger partial charge in [-0.2, -0.15) is 8.78 Å². The number of rotatable bonds is 6. The van der Waals surface area contributed by atoms with Crippen LogP contribution in [0.4, 0.5) is 8.78 Å². The minimum atomic E-state index is -2.85. The highest BCUT2D eigenvalue weighted by molar-refractivity contribution is 5.85. The van der Waals surface area contributed by atoms with Gasteiger partial charge in [-0.25, -0.2) is 0 Å². The molecule has 1 N–H and O–H groups in total. The molecule has 0 saturated carbocycles. The quantitative estimate of drug-likeness (QED) is 0.821. The van der Waals surface area contributed by atoms with E-state index >= 15 is 0 Å². The number of benzene rings is 1. The molecule has 2 aliphatic heterocycles. The number of para-hydroxylation sites is 1. The lowest BCUT2D eigenvalue weighted by atomic mass is 9.78. The van der Waals surface area contributed by atoms with Crippen LogP contribution in [0.2, 0.25) is 0 Å². The molecule has 3 rings (SSSR count). The summed E-state index contributed by atoms with van der Waals surface area (Å²) in [5.41, 5.74) is 1.17. The second kappa shape index (κ2) is 9.01. The van der Waals surface area contributed by atoms with Gasteiger partial charge in [-0.1, -0.05) is 12.1 Å². The zero-order valence-electron chi connectivity index (χ0n) is 14.6. The first-order valence-corrected chi connectivity index (χ1v) is 8.74. The van der Waals surface area contributed by atoms with Crippen molar-refractivity contribution >= 4 is 12.4 Å². The van der Waals surface area contributed by atoms with E-state index in [1.54, 1.807) is 6.07 Å². The molecule has 7 heteroatoms. The summed E-state index contributed by atoms with van der Waals surface area (Å²) in [4.78, 5) is 2.36. The minimum Gasteiger partial charge on any atom is -0.490 e. The molecule has 0 aliphatic carbocycles. The third-order valence-corrected chi connectivity index (χ3v) is 5.14. The molecular formula is C18H27ClF2N2O2. The van der Waals surface area contributed by atoms with Crippen LogP contribution in [-0.4, -0.2) is 44.3 Å². The van der Waals surface area contributed by atoms with Gasteiger partial charge in [0.15, 0.2) is 11.5 Å². The summed E-state index contributed by atoms with van der Waals surface area (Å²) in [5.74, 6) is 0.576. The fourth-order valence-corrected chi connectivity index (χ4v) is 3.95. The lowest BCUT2D eigenvalue weighted by Gasteiger charge is -2.34. The predicted molar refractivity (Wildman–Crippen MR) is 95.9 cm³/mol. The van der Waals surface area contributed by atoms with Crippen molar-refractivity contribution in [1.82, 2.24) is 10.2 Å². The van der Waals surface area contributed by atoms with Gasteiger partial charge >= 0.3 is 6.61 Å². The number of piperidine rings is 1. The van der Waals surface area contributed by atoms with Crippen molar-refractivity contribution in [1.29, 1.82) is 0 Å². The Morgan fingerprint density at radius 2 is 2.00 bits per heavy atom. The van der Waals surface area contributed by atoms with Gasteiger partial charge < -0.3 is 14.8 Å². The molecular weight excluding hydrogens is 350 g/mol. The smallest absolute Gasteiger partial charge is 0.387 e. The van der Waals surface area contributed by atoms with Crippen molar-refractivity contribution < 1.29 is 18.3 Å². The van der Waals surface area contributed by atoms with Gasteiger partial charge in [0.1, 0.15) is 0 Å². The Morgan fingerprint density at radius 1 is 1.24 bits per heavy atom. The lowest BCUT2D eigenvalue weighted by molar-refractivity contribution is -0.0523. The number of nitrogens with one attached hydrogen (secondary N) is 1. The SMILES string of the molecule is CCOc1cccc(CN2CCC3(CCNCC3)C2)c1OC(F)F.Cl. The molecule has 0 bridgehead atoms. The lowest BCUT2D eigenvalue weighted by Crippen LogP contribution is -2.38. The number of ether oxygens (including phenoxy) is 2. The van der Waals surface area contributed by atoms with E-state index in [9.17, 15) is 8.78 Å². The summed E-state index contributed by atoms with van der Waals surface area (Å²) in [6, 6.07) is 5.38. The molecule has 142 valence electrons. The molecule has 1 aromatic carbocycles. The van der Waals surface area contributed by atoms with Gasteiger partial charge in [-0.3, -0.25) is 4.90 Å². The highest BCUT2D eigenvalue weighted by atomic mass is 35.5. The first-order chi connectivity index (χ1) is 11.6. The predicted octanol–water partition coefficient (Wildman–Crippen LogP) is 3.68. The minimum absolute atomic E-state index is 0. The van der Waals surface area contributed by atoms with Crippen molar-refractivity contribution in [2.45, 2.75) is 39.3 Å². The third-order valence-electron chi connectivity index (χ3n) is 5.14. The number of hydrogen-bond acceptors (Lipinski definition) is 4. The number of halogens is 3. The molecule has 1 spiro atoms. The van der Waals surface area contributed by atoms with Crippen LogP contribution in [0.15, 0.2) is 18.2 Å². The van der Waals surface area contributed by atoms with Gasteiger partial charge in [0.05, 0.1) is 6.61 Å². The Morgan fingerprint density at radius 3 is 2.68 bits per heavy atom. The molecule has 2 heterocycles. The average molecular weight is 377 g/mol. The fourth-order valence-electron chi connectivity index (χ4n) is 3.95. The van der Waals surface area contributed by atoms with Gasteiger partial charge in [0.25, 0.3) is 0 Å². The molecule has 4 nitrogen and oxygen atoms in total. The van der Waals surface area contributed by atoms with Crippen molar-refractivity contribution in [2.75, 3.05) is 32.8 Å². The van der Waals surface area contributed by atoms with Gasteiger partial charge in [0, 0.05) is 18.7 Å². The second-order valence-corrected chi connectivity index (χ2v) is 6.77. The molecule has 25 heavy (non-hydrogen) atoms. The van der Waals surface area contributed by atoms with E-state index in [4.69, 9.17) is 9.47 Å². The maximum absolute atomic E-state index is 12.8. The van der Waals surface area contributed by atoms with Crippen molar-refractivity contribution in [3.8, 4) is 11.5 Å². The van der Waals surface area contributed by atoms with Crippen LogP contribution < -0.4 is 14.8 Å². The number of nitrogens with zero attached hydrogens (tertiary/aromatic N) is 1. The van der Waals surface area contributed by atoms with Crippen LogP contribution in [-0.2, 0) is 6.54 Å². The molecule has 2 aliphatic rings. The number of alkyl halides is 2. The van der Waals surface area contributed by atoms with Crippen molar-refractivity contribution in [2.24, 2.45) is 5.41 Å². The Labute approximate surface area is 154 Å². The average Bonchev–Trinajstić information content (AvgIpc) is 2.93. The van der Waals surface area contributed by atoms with Crippen LogP contribution >= 0.6 is 12.4 Å². The normalized spacial score (nSPS) is 19.8. The monoisotopic (exact) mass is 376 g/mol. The van der Waals surface area contributed by atoms with Gasteiger partial charge in [-0.15, -0.1) is 12.4 Å². The Kier molecular flexibility index (Phi) is 7.28. The highest BCUT2D eigenvalue weighted by Crippen LogP contribution is 2.40. The van der Waals surface area contributed by atoms with E-state index in [1.165, 1.54) is 19.3 Å². The van der Waals surface area contributed by atoms with Crippen LogP contribution in [0.25, 0.3) is 0 Å². The number of likely N-dealkylation sites (tertiary alicyclic amines) is 1. The maximum Gasteiger partial charge on any atom is 0.387 e. The fraction of sp³-hybridized carbons (Fsp3) is 0.667. The molecule has 0 unspecified atom stereocenters. The summed E-state index contributed by atoms with van der Waals surface area (Å²) in [6.07, 6.45) is 3.58. The zero-order valence-corrected chi connectivity index (χ0v) is 15.4. The molecule has 1 aromatic rings. The van der Waals surface area contributed by atoms with Crippen LogP contribution in [0.5, 0.6) is 11.5 Å². The molecule has 0 aromatic heterocycles. The third kappa shape index (κ3) is 4.96. The summed E-state index contributed by atoms with van der Waals surface area (Å²) < 4.78 is 35.9. The van der Waals surface area contributed by atoms with Gasteiger partial charge in [-0.05, 0) is 57.3 Å². The zero-order chi connectivity index (χ0) is 17.0. The van der Waals surface area contributed by atoms with E-state index in [-0.39, 0.29) is 18.2 Å².